The number of amides is 1. The Hall–Kier alpha value is -3.22. The second kappa shape index (κ2) is 8.26. The first-order chi connectivity index (χ1) is 14.5. The average Bonchev–Trinajstić information content (AvgIpc) is 3.04. The Balaban J connectivity index is 1.70. The zero-order valence-corrected chi connectivity index (χ0v) is 17.9. The molecule has 156 valence electrons. The molecule has 0 saturated heterocycles. The molecular weight excluding hydrogens is 378 g/mol. The van der Waals surface area contributed by atoms with Crippen LogP contribution in [0.2, 0.25) is 0 Å². The monoisotopic (exact) mass is 405 g/mol. The summed E-state index contributed by atoms with van der Waals surface area (Å²) in [5.74, 6) is 1.86. The SMILES string of the molecule is CCCCOc1ccc([C@@H]2CC(=O)Nc3c2c(C)nn3-c2nc(C)cc(C)n2)cc1. The van der Waals surface area contributed by atoms with E-state index in [1.165, 1.54) is 0 Å². The Kier molecular flexibility index (Phi) is 5.53. The number of nitrogens with zero attached hydrogens (tertiary/aromatic N) is 4. The number of aryl methyl sites for hydroxylation is 3. The standard InChI is InChI=1S/C23H27N5O2/c1-5-6-11-30-18-9-7-17(8-10-18)19-13-20(29)26-22-21(19)16(4)27-28(22)23-24-14(2)12-15(3)25-23/h7-10,12,19H,5-6,11,13H2,1-4H3,(H,26,29)/t19-/m0/s1. The molecule has 4 rings (SSSR count). The fraction of sp³-hybridized carbons (Fsp3) is 0.391. The number of anilines is 1. The molecule has 3 heterocycles. The summed E-state index contributed by atoms with van der Waals surface area (Å²) in [5.41, 5.74) is 4.66. The summed E-state index contributed by atoms with van der Waals surface area (Å²) in [4.78, 5) is 21.6. The highest BCUT2D eigenvalue weighted by Crippen LogP contribution is 2.40. The molecule has 1 aliphatic rings. The third-order valence-corrected chi connectivity index (χ3v) is 5.31. The van der Waals surface area contributed by atoms with Crippen LogP contribution in [0.25, 0.3) is 5.95 Å². The minimum atomic E-state index is -0.0712. The number of rotatable bonds is 6. The number of hydrogen-bond donors (Lipinski definition) is 1. The Bertz CT molecular complexity index is 1050. The Morgan fingerprint density at radius 3 is 2.50 bits per heavy atom. The van der Waals surface area contributed by atoms with Crippen molar-refractivity contribution < 1.29 is 9.53 Å². The molecule has 0 spiro atoms. The quantitative estimate of drug-likeness (QED) is 0.620. The third kappa shape index (κ3) is 3.92. The summed E-state index contributed by atoms with van der Waals surface area (Å²) >= 11 is 0. The lowest BCUT2D eigenvalue weighted by molar-refractivity contribution is -0.116. The molecule has 1 atom stereocenters. The van der Waals surface area contributed by atoms with Crippen molar-refractivity contribution in [3.05, 3.63) is 58.5 Å². The minimum Gasteiger partial charge on any atom is -0.494 e. The van der Waals surface area contributed by atoms with Crippen LogP contribution in [0.4, 0.5) is 5.82 Å². The number of benzene rings is 1. The summed E-state index contributed by atoms with van der Waals surface area (Å²) in [6, 6.07) is 9.95. The lowest BCUT2D eigenvalue weighted by Gasteiger charge is -2.24. The van der Waals surface area contributed by atoms with E-state index in [1.807, 2.05) is 51.1 Å². The van der Waals surface area contributed by atoms with E-state index in [-0.39, 0.29) is 11.8 Å². The third-order valence-electron chi connectivity index (χ3n) is 5.31. The van der Waals surface area contributed by atoms with Crippen LogP contribution in [-0.2, 0) is 4.79 Å². The van der Waals surface area contributed by atoms with Crippen molar-refractivity contribution >= 4 is 11.7 Å². The molecule has 30 heavy (non-hydrogen) atoms. The number of carbonyl (C=O) groups is 1. The summed E-state index contributed by atoms with van der Waals surface area (Å²) in [6.07, 6.45) is 2.52. The van der Waals surface area contributed by atoms with E-state index in [9.17, 15) is 4.79 Å². The van der Waals surface area contributed by atoms with E-state index in [1.54, 1.807) is 4.68 Å². The molecule has 0 unspecified atom stereocenters. The molecule has 0 radical (unpaired) electrons. The smallest absolute Gasteiger partial charge is 0.252 e. The van der Waals surface area contributed by atoms with Gasteiger partial charge < -0.3 is 10.1 Å². The Morgan fingerprint density at radius 1 is 1.13 bits per heavy atom. The van der Waals surface area contributed by atoms with Crippen LogP contribution in [-0.4, -0.2) is 32.3 Å². The van der Waals surface area contributed by atoms with Gasteiger partial charge in [-0.2, -0.15) is 9.78 Å². The van der Waals surface area contributed by atoms with Crippen molar-refractivity contribution in [2.75, 3.05) is 11.9 Å². The summed E-state index contributed by atoms with van der Waals surface area (Å²) < 4.78 is 7.42. The van der Waals surface area contributed by atoms with Gasteiger partial charge in [-0.25, -0.2) is 9.97 Å². The van der Waals surface area contributed by atoms with Crippen LogP contribution < -0.4 is 10.1 Å². The molecule has 7 heteroatoms. The molecule has 0 fully saturated rings. The Labute approximate surface area is 176 Å². The van der Waals surface area contributed by atoms with Crippen LogP contribution in [0.15, 0.2) is 30.3 Å². The molecule has 0 bridgehead atoms. The van der Waals surface area contributed by atoms with Crippen LogP contribution >= 0.6 is 0 Å². The van der Waals surface area contributed by atoms with Crippen LogP contribution in [0, 0.1) is 20.8 Å². The molecular formula is C23H27N5O2. The number of nitrogens with one attached hydrogen (secondary N) is 1. The van der Waals surface area contributed by atoms with E-state index in [2.05, 4.69) is 27.3 Å². The number of aromatic nitrogens is 4. The summed E-state index contributed by atoms with van der Waals surface area (Å²) in [6.45, 7) is 8.67. The Morgan fingerprint density at radius 2 is 1.83 bits per heavy atom. The van der Waals surface area contributed by atoms with E-state index >= 15 is 0 Å². The molecule has 1 amide bonds. The summed E-state index contributed by atoms with van der Waals surface area (Å²) in [5, 5.41) is 7.66. The van der Waals surface area contributed by atoms with Gasteiger partial charge in [0.25, 0.3) is 5.95 Å². The van der Waals surface area contributed by atoms with Crippen LogP contribution in [0.1, 0.15) is 60.3 Å². The zero-order chi connectivity index (χ0) is 21.3. The first-order valence-electron chi connectivity index (χ1n) is 10.4. The van der Waals surface area contributed by atoms with Crippen molar-refractivity contribution in [2.24, 2.45) is 0 Å². The van der Waals surface area contributed by atoms with Crippen LogP contribution in [0.5, 0.6) is 5.75 Å². The maximum Gasteiger partial charge on any atom is 0.252 e. The molecule has 1 aliphatic heterocycles. The molecule has 0 saturated carbocycles. The van der Waals surface area contributed by atoms with Crippen molar-refractivity contribution in [3.63, 3.8) is 0 Å². The molecule has 1 aromatic carbocycles. The topological polar surface area (TPSA) is 81.9 Å². The van der Waals surface area contributed by atoms with E-state index < -0.39 is 0 Å². The highest BCUT2D eigenvalue weighted by atomic mass is 16.5. The van der Waals surface area contributed by atoms with Gasteiger partial charge in [0.05, 0.1) is 12.3 Å². The lowest BCUT2D eigenvalue weighted by Crippen LogP contribution is -2.25. The van der Waals surface area contributed by atoms with Gasteiger partial charge in [0.15, 0.2) is 0 Å². The molecule has 7 nitrogen and oxygen atoms in total. The number of unbranched alkanes of at least 4 members (excludes halogenated alkanes) is 1. The van der Waals surface area contributed by atoms with Crippen LogP contribution in [0.3, 0.4) is 0 Å². The molecule has 0 aliphatic carbocycles. The second-order valence-electron chi connectivity index (χ2n) is 7.79. The van der Waals surface area contributed by atoms with Gasteiger partial charge in [-0.1, -0.05) is 25.5 Å². The highest BCUT2D eigenvalue weighted by Gasteiger charge is 2.33. The summed E-state index contributed by atoms with van der Waals surface area (Å²) in [7, 11) is 0. The second-order valence-corrected chi connectivity index (χ2v) is 7.79. The van der Waals surface area contributed by atoms with Gasteiger partial charge in [-0.15, -0.1) is 0 Å². The zero-order valence-electron chi connectivity index (χ0n) is 17.9. The lowest BCUT2D eigenvalue weighted by atomic mass is 9.86. The largest absolute Gasteiger partial charge is 0.494 e. The number of carbonyl (C=O) groups excluding carboxylic acids is 1. The van der Waals surface area contributed by atoms with Crippen molar-refractivity contribution in [1.29, 1.82) is 0 Å². The molecule has 1 N–H and O–H groups in total. The predicted octanol–water partition coefficient (Wildman–Crippen LogP) is 4.24. The van der Waals surface area contributed by atoms with Crippen molar-refractivity contribution in [2.45, 2.75) is 52.9 Å². The predicted molar refractivity (Wildman–Crippen MR) is 115 cm³/mol. The number of fused-ring (bicyclic) bond motifs is 1. The van der Waals surface area contributed by atoms with Gasteiger partial charge in [0, 0.05) is 29.3 Å². The van der Waals surface area contributed by atoms with E-state index in [4.69, 9.17) is 4.74 Å². The van der Waals surface area contributed by atoms with Gasteiger partial charge in [-0.05, 0) is 51.0 Å². The van der Waals surface area contributed by atoms with Gasteiger partial charge in [0.1, 0.15) is 11.6 Å². The number of hydrogen-bond acceptors (Lipinski definition) is 5. The first-order valence-corrected chi connectivity index (χ1v) is 10.4. The van der Waals surface area contributed by atoms with Gasteiger partial charge in [-0.3, -0.25) is 4.79 Å². The minimum absolute atomic E-state index is 0.0405. The van der Waals surface area contributed by atoms with Gasteiger partial charge >= 0.3 is 0 Å². The molecule has 3 aromatic rings. The van der Waals surface area contributed by atoms with Gasteiger partial charge in [0.2, 0.25) is 5.91 Å². The maximum absolute atomic E-state index is 12.6. The number of ether oxygens (including phenoxy) is 1. The van der Waals surface area contributed by atoms with E-state index in [0.29, 0.717) is 24.8 Å². The highest BCUT2D eigenvalue weighted by molar-refractivity contribution is 5.95. The van der Waals surface area contributed by atoms with Crippen molar-refractivity contribution in [3.8, 4) is 11.7 Å². The van der Waals surface area contributed by atoms with Crippen molar-refractivity contribution in [1.82, 2.24) is 19.7 Å². The first kappa shape index (κ1) is 20.1. The maximum atomic E-state index is 12.6. The average molecular weight is 406 g/mol. The fourth-order valence-electron chi connectivity index (χ4n) is 3.91. The van der Waals surface area contributed by atoms with E-state index in [0.717, 1.165) is 46.8 Å². The normalized spacial score (nSPS) is 15.6. The molecule has 2 aromatic heterocycles. The fourth-order valence-corrected chi connectivity index (χ4v) is 3.91.